The van der Waals surface area contributed by atoms with Crippen LogP contribution in [0.1, 0.15) is 17.3 Å². The van der Waals surface area contributed by atoms with Gasteiger partial charge in [0.15, 0.2) is 22.6 Å². The summed E-state index contributed by atoms with van der Waals surface area (Å²) in [5, 5.41) is 5.41. The van der Waals surface area contributed by atoms with Crippen LogP contribution in [0.3, 0.4) is 0 Å². The molecule has 0 bridgehead atoms. The second-order valence-corrected chi connectivity index (χ2v) is 5.97. The van der Waals surface area contributed by atoms with Crippen molar-refractivity contribution >= 4 is 34.1 Å². The Kier molecular flexibility index (Phi) is 3.91. The molecule has 0 spiro atoms. The molecule has 0 saturated carbocycles. The Hall–Kier alpha value is -2.61. The summed E-state index contributed by atoms with van der Waals surface area (Å²) >= 11 is 0. The van der Waals surface area contributed by atoms with Crippen molar-refractivity contribution in [1.82, 2.24) is 0 Å². The van der Waals surface area contributed by atoms with Crippen LogP contribution in [0.2, 0.25) is 0 Å². The lowest BCUT2D eigenvalue weighted by Gasteiger charge is -2.16. The van der Waals surface area contributed by atoms with Crippen molar-refractivity contribution in [2.24, 2.45) is 4.40 Å². The van der Waals surface area contributed by atoms with Crippen molar-refractivity contribution in [2.75, 3.05) is 10.6 Å². The largest absolute Gasteiger partial charge is 0.342 e. The van der Waals surface area contributed by atoms with Crippen LogP contribution in [-0.4, -0.2) is 16.0 Å². The predicted molar refractivity (Wildman–Crippen MR) is 83.9 cm³/mol. The Labute approximate surface area is 133 Å². The van der Waals surface area contributed by atoms with Crippen LogP contribution in [-0.2, 0) is 11.0 Å². The molecule has 0 saturated heterocycles. The molecule has 1 atom stereocenters. The van der Waals surface area contributed by atoms with Crippen LogP contribution in [0.25, 0.3) is 0 Å². The molecule has 1 heterocycles. The van der Waals surface area contributed by atoms with E-state index in [-0.39, 0.29) is 11.3 Å². The summed E-state index contributed by atoms with van der Waals surface area (Å²) < 4.78 is 41.9. The Bertz CT molecular complexity index is 868. The van der Waals surface area contributed by atoms with Gasteiger partial charge in [-0.1, -0.05) is 0 Å². The van der Waals surface area contributed by atoms with Crippen LogP contribution in [0.5, 0.6) is 0 Å². The van der Waals surface area contributed by atoms with E-state index in [2.05, 4.69) is 15.0 Å². The molecule has 1 aliphatic heterocycles. The number of nitrogens with zero attached hydrogens (tertiary/aromatic N) is 1. The molecule has 8 heteroatoms. The van der Waals surface area contributed by atoms with E-state index in [9.17, 15) is 17.8 Å². The summed E-state index contributed by atoms with van der Waals surface area (Å²) in [5.41, 5.74) is 0.971. The fraction of sp³-hybridized carbons (Fsp3) is 0.0667. The second-order valence-electron chi connectivity index (χ2n) is 4.84. The normalized spacial score (nSPS) is 16.1. The topological polar surface area (TPSA) is 70.6 Å². The maximum atomic E-state index is 13.2. The second kappa shape index (κ2) is 5.88. The van der Waals surface area contributed by atoms with E-state index in [4.69, 9.17) is 0 Å². The van der Waals surface area contributed by atoms with E-state index >= 15 is 0 Å². The number of nitrogens with one attached hydrogen (secondary N) is 2. The fourth-order valence-electron chi connectivity index (χ4n) is 2.08. The van der Waals surface area contributed by atoms with E-state index < -0.39 is 28.5 Å². The lowest BCUT2D eigenvalue weighted by molar-refractivity contribution is 0.102. The third-order valence-corrected chi connectivity index (χ3v) is 4.30. The zero-order valence-corrected chi connectivity index (χ0v) is 12.7. The number of halogens is 2. The van der Waals surface area contributed by atoms with E-state index in [0.717, 1.165) is 12.1 Å². The average Bonchev–Trinajstić information content (AvgIpc) is 2.50. The van der Waals surface area contributed by atoms with Crippen LogP contribution >= 0.6 is 0 Å². The number of rotatable bonds is 2. The Morgan fingerprint density at radius 1 is 1.17 bits per heavy atom. The van der Waals surface area contributed by atoms with Crippen molar-refractivity contribution < 1.29 is 17.8 Å². The Balaban J connectivity index is 1.85. The molecule has 2 N–H and O–H groups in total. The maximum absolute atomic E-state index is 13.2. The molecule has 0 fully saturated rings. The van der Waals surface area contributed by atoms with Gasteiger partial charge < -0.3 is 10.6 Å². The molecule has 23 heavy (non-hydrogen) atoms. The number of carbonyl (C=O) groups is 1. The highest BCUT2D eigenvalue weighted by molar-refractivity contribution is 7.84. The predicted octanol–water partition coefficient (Wildman–Crippen LogP) is 3.08. The molecule has 118 valence electrons. The minimum Gasteiger partial charge on any atom is -0.342 e. The van der Waals surface area contributed by atoms with E-state index in [1.807, 2.05) is 0 Å². The number of benzene rings is 2. The fourth-order valence-corrected chi connectivity index (χ4v) is 3.01. The molecular weight excluding hydrogens is 324 g/mol. The van der Waals surface area contributed by atoms with Gasteiger partial charge in [-0.15, -0.1) is 0 Å². The summed E-state index contributed by atoms with van der Waals surface area (Å²) in [6.45, 7) is 1.69. The highest BCUT2D eigenvalue weighted by Gasteiger charge is 2.18. The van der Waals surface area contributed by atoms with Crippen LogP contribution in [0.4, 0.5) is 20.2 Å². The third-order valence-electron chi connectivity index (χ3n) is 3.14. The summed E-state index contributed by atoms with van der Waals surface area (Å²) in [6.07, 6.45) is 0. The van der Waals surface area contributed by atoms with Gasteiger partial charge in [-0.05, 0) is 37.3 Å². The smallest absolute Gasteiger partial charge is 0.255 e. The first-order chi connectivity index (χ1) is 10.9. The van der Waals surface area contributed by atoms with Gasteiger partial charge >= 0.3 is 0 Å². The molecule has 0 aromatic heterocycles. The molecular formula is C15H11F2N3O2S. The lowest BCUT2D eigenvalue weighted by Crippen LogP contribution is -2.17. The van der Waals surface area contributed by atoms with Gasteiger partial charge in [0.2, 0.25) is 0 Å². The minimum atomic E-state index is -1.59. The molecule has 0 aliphatic carbocycles. The van der Waals surface area contributed by atoms with Crippen molar-refractivity contribution in [3.8, 4) is 0 Å². The number of anilines is 2. The maximum Gasteiger partial charge on any atom is 0.255 e. The number of fused-ring (bicyclic) bond motifs is 1. The zero-order valence-electron chi connectivity index (χ0n) is 11.9. The van der Waals surface area contributed by atoms with E-state index in [1.54, 1.807) is 13.0 Å². The van der Waals surface area contributed by atoms with Crippen molar-refractivity contribution in [3.05, 3.63) is 53.6 Å². The number of hydrogen-bond donors (Lipinski definition) is 2. The molecule has 1 amide bonds. The van der Waals surface area contributed by atoms with Crippen LogP contribution in [0.15, 0.2) is 45.7 Å². The highest BCUT2D eigenvalue weighted by Crippen LogP contribution is 2.26. The monoisotopic (exact) mass is 335 g/mol. The van der Waals surface area contributed by atoms with Gasteiger partial charge in [0, 0.05) is 17.3 Å². The van der Waals surface area contributed by atoms with Gasteiger partial charge in [0.05, 0.1) is 10.6 Å². The van der Waals surface area contributed by atoms with Crippen LogP contribution in [0, 0.1) is 11.6 Å². The van der Waals surface area contributed by atoms with Crippen LogP contribution < -0.4 is 10.6 Å². The Morgan fingerprint density at radius 3 is 2.70 bits per heavy atom. The van der Waals surface area contributed by atoms with Crippen molar-refractivity contribution in [3.63, 3.8) is 0 Å². The van der Waals surface area contributed by atoms with E-state index in [1.165, 1.54) is 18.2 Å². The van der Waals surface area contributed by atoms with Gasteiger partial charge in [0.25, 0.3) is 5.91 Å². The zero-order chi connectivity index (χ0) is 16.6. The molecule has 2 aromatic rings. The summed E-state index contributed by atoms with van der Waals surface area (Å²) in [5.74, 6) is -2.05. The SMILES string of the molecule is CC1=NS(=O)c2cc(C(=O)Nc3ccc(F)c(F)c3)ccc2N1. The minimum absolute atomic E-state index is 0.125. The Morgan fingerprint density at radius 2 is 1.96 bits per heavy atom. The molecule has 2 aromatic carbocycles. The number of amides is 1. The van der Waals surface area contributed by atoms with Crippen molar-refractivity contribution in [2.45, 2.75) is 11.8 Å². The van der Waals surface area contributed by atoms with Gasteiger partial charge in [-0.25, -0.2) is 13.0 Å². The summed E-state index contributed by atoms with van der Waals surface area (Å²) in [4.78, 5) is 12.6. The number of amidine groups is 1. The first-order valence-corrected chi connectivity index (χ1v) is 7.69. The van der Waals surface area contributed by atoms with Gasteiger partial charge in [0.1, 0.15) is 5.84 Å². The molecule has 1 unspecified atom stereocenters. The molecule has 5 nitrogen and oxygen atoms in total. The first kappa shape index (κ1) is 15.3. The average molecular weight is 335 g/mol. The van der Waals surface area contributed by atoms with Gasteiger partial charge in [-0.3, -0.25) is 4.79 Å². The molecule has 0 radical (unpaired) electrons. The standard InChI is InChI=1S/C15H11F2N3O2S/c1-8-18-13-5-2-9(6-14(13)23(22)20-8)15(21)19-10-3-4-11(16)12(17)7-10/h2-7H,1H3,(H,18,20)(H,19,21). The summed E-state index contributed by atoms with van der Waals surface area (Å²) in [6, 6.07) is 7.67. The van der Waals surface area contributed by atoms with Crippen molar-refractivity contribution in [1.29, 1.82) is 0 Å². The summed E-state index contributed by atoms with van der Waals surface area (Å²) in [7, 11) is -1.59. The third kappa shape index (κ3) is 3.11. The van der Waals surface area contributed by atoms with Gasteiger partial charge in [-0.2, -0.15) is 4.40 Å². The molecule has 1 aliphatic rings. The number of hydrogen-bond acceptors (Lipinski definition) is 3. The van der Waals surface area contributed by atoms with E-state index in [0.29, 0.717) is 16.4 Å². The molecule has 3 rings (SSSR count). The number of carbonyl (C=O) groups excluding carboxylic acids is 1. The first-order valence-electron chi connectivity index (χ1n) is 6.59. The lowest BCUT2D eigenvalue weighted by atomic mass is 10.2. The highest BCUT2D eigenvalue weighted by atomic mass is 32.2. The quantitative estimate of drug-likeness (QED) is 0.886.